The molecule has 1 aliphatic rings. The first-order chi connectivity index (χ1) is 7.18. The summed E-state index contributed by atoms with van der Waals surface area (Å²) in [7, 11) is 0. The molecule has 1 aliphatic carbocycles. The second kappa shape index (κ2) is 4.44. The second-order valence-corrected chi connectivity index (χ2v) is 5.59. The van der Waals surface area contributed by atoms with Crippen LogP contribution >= 0.6 is 27.5 Å². The van der Waals surface area contributed by atoms with Crippen LogP contribution in [0.1, 0.15) is 31.2 Å². The summed E-state index contributed by atoms with van der Waals surface area (Å²) in [6.07, 6.45) is 4.84. The monoisotopic (exact) mass is 287 g/mol. The molecule has 0 bridgehead atoms. The van der Waals surface area contributed by atoms with Gasteiger partial charge in [-0.2, -0.15) is 0 Å². The van der Waals surface area contributed by atoms with Crippen molar-refractivity contribution in [3.05, 3.63) is 33.3 Å². The van der Waals surface area contributed by atoms with Crippen molar-refractivity contribution in [2.24, 2.45) is 5.73 Å². The lowest BCUT2D eigenvalue weighted by molar-refractivity contribution is 0.228. The molecular formula is C12H15BrClN. The van der Waals surface area contributed by atoms with Crippen molar-refractivity contribution in [3.63, 3.8) is 0 Å². The maximum Gasteiger partial charge on any atom is 0.0409 e. The Hall–Kier alpha value is -0.0500. The van der Waals surface area contributed by atoms with E-state index in [4.69, 9.17) is 17.3 Å². The van der Waals surface area contributed by atoms with Gasteiger partial charge in [0.05, 0.1) is 0 Å². The normalized spacial score (nSPS) is 18.6. The first-order valence-electron chi connectivity index (χ1n) is 5.33. The van der Waals surface area contributed by atoms with E-state index in [1.54, 1.807) is 0 Å². The van der Waals surface area contributed by atoms with Crippen LogP contribution in [-0.2, 0) is 5.41 Å². The van der Waals surface area contributed by atoms with Gasteiger partial charge in [0.2, 0.25) is 0 Å². The highest BCUT2D eigenvalue weighted by atomic mass is 79.9. The van der Waals surface area contributed by atoms with Gasteiger partial charge in [-0.3, -0.25) is 0 Å². The smallest absolute Gasteiger partial charge is 0.0409 e. The minimum Gasteiger partial charge on any atom is -0.330 e. The highest BCUT2D eigenvalue weighted by molar-refractivity contribution is 9.10. The van der Waals surface area contributed by atoms with E-state index >= 15 is 0 Å². The van der Waals surface area contributed by atoms with Crippen molar-refractivity contribution < 1.29 is 0 Å². The van der Waals surface area contributed by atoms with Gasteiger partial charge in [0.1, 0.15) is 0 Å². The first-order valence-corrected chi connectivity index (χ1v) is 6.51. The van der Waals surface area contributed by atoms with Crippen molar-refractivity contribution in [1.29, 1.82) is 0 Å². The van der Waals surface area contributed by atoms with Crippen LogP contribution < -0.4 is 5.73 Å². The van der Waals surface area contributed by atoms with Gasteiger partial charge in [-0.05, 0) is 55.0 Å². The lowest BCUT2D eigenvalue weighted by Crippen LogP contribution is -2.36. The lowest BCUT2D eigenvalue weighted by Gasteiger charge is -2.43. The SMILES string of the molecule is NCCC1(c2cc(Cl)ccc2Br)CCC1. The predicted molar refractivity (Wildman–Crippen MR) is 68.4 cm³/mol. The lowest BCUT2D eigenvalue weighted by atomic mass is 9.62. The van der Waals surface area contributed by atoms with E-state index in [1.165, 1.54) is 29.3 Å². The summed E-state index contributed by atoms with van der Waals surface area (Å²) in [5.41, 5.74) is 7.33. The van der Waals surface area contributed by atoms with E-state index < -0.39 is 0 Å². The molecule has 1 aromatic carbocycles. The summed E-state index contributed by atoms with van der Waals surface area (Å²) in [6.45, 7) is 0.749. The fourth-order valence-electron chi connectivity index (χ4n) is 2.44. The van der Waals surface area contributed by atoms with Gasteiger partial charge < -0.3 is 5.73 Å². The molecule has 0 saturated heterocycles. The predicted octanol–water partition coefficient (Wildman–Crippen LogP) is 3.87. The number of rotatable bonds is 3. The molecule has 0 heterocycles. The average Bonchev–Trinajstić information content (AvgIpc) is 2.16. The van der Waals surface area contributed by atoms with E-state index in [9.17, 15) is 0 Å². The summed E-state index contributed by atoms with van der Waals surface area (Å²) in [5.74, 6) is 0. The van der Waals surface area contributed by atoms with Crippen LogP contribution in [0.4, 0.5) is 0 Å². The number of nitrogens with two attached hydrogens (primary N) is 1. The Morgan fingerprint density at radius 1 is 1.40 bits per heavy atom. The Morgan fingerprint density at radius 3 is 2.67 bits per heavy atom. The van der Waals surface area contributed by atoms with E-state index in [0.717, 1.165) is 18.0 Å². The zero-order valence-electron chi connectivity index (χ0n) is 8.60. The summed E-state index contributed by atoms with van der Waals surface area (Å²) < 4.78 is 1.17. The third kappa shape index (κ3) is 2.08. The Balaban J connectivity index is 2.37. The molecule has 2 rings (SSSR count). The molecule has 0 aromatic heterocycles. The summed E-state index contributed by atoms with van der Waals surface area (Å²) in [4.78, 5) is 0. The number of hydrogen-bond acceptors (Lipinski definition) is 1. The molecule has 2 N–H and O–H groups in total. The van der Waals surface area contributed by atoms with Gasteiger partial charge in [0.15, 0.2) is 0 Å². The third-order valence-corrected chi connectivity index (χ3v) is 4.36. The number of halogens is 2. The van der Waals surface area contributed by atoms with Gasteiger partial charge in [-0.15, -0.1) is 0 Å². The molecule has 1 aromatic rings. The third-order valence-electron chi connectivity index (χ3n) is 3.43. The van der Waals surface area contributed by atoms with Crippen molar-refractivity contribution in [2.75, 3.05) is 6.54 Å². The van der Waals surface area contributed by atoms with Crippen LogP contribution in [0.3, 0.4) is 0 Å². The molecule has 3 heteroatoms. The molecule has 0 radical (unpaired) electrons. The summed E-state index contributed by atoms with van der Waals surface area (Å²) in [5, 5.41) is 0.816. The highest BCUT2D eigenvalue weighted by Gasteiger charge is 2.39. The van der Waals surface area contributed by atoms with Crippen molar-refractivity contribution >= 4 is 27.5 Å². The highest BCUT2D eigenvalue weighted by Crippen LogP contribution is 2.48. The van der Waals surface area contributed by atoms with E-state index in [0.29, 0.717) is 5.41 Å². The Bertz CT molecular complexity index is 361. The van der Waals surface area contributed by atoms with Crippen LogP contribution in [0, 0.1) is 0 Å². The summed E-state index contributed by atoms with van der Waals surface area (Å²) in [6, 6.07) is 6.04. The van der Waals surface area contributed by atoms with Crippen LogP contribution in [0.25, 0.3) is 0 Å². The maximum absolute atomic E-state index is 6.05. The Labute approximate surface area is 104 Å². The maximum atomic E-state index is 6.05. The zero-order valence-corrected chi connectivity index (χ0v) is 10.9. The van der Waals surface area contributed by atoms with Crippen LogP contribution in [0.2, 0.25) is 5.02 Å². The Morgan fingerprint density at radius 2 is 2.13 bits per heavy atom. The molecule has 0 amide bonds. The average molecular weight is 289 g/mol. The standard InChI is InChI=1S/C12H15BrClN/c13-11-3-2-9(14)8-10(11)12(6-7-15)4-1-5-12/h2-3,8H,1,4-7,15H2. The van der Waals surface area contributed by atoms with E-state index in [-0.39, 0.29) is 0 Å². The minimum absolute atomic E-state index is 0.290. The second-order valence-electron chi connectivity index (χ2n) is 4.30. The molecule has 1 nitrogen and oxygen atoms in total. The summed E-state index contributed by atoms with van der Waals surface area (Å²) >= 11 is 9.66. The fourth-order valence-corrected chi connectivity index (χ4v) is 3.28. The quantitative estimate of drug-likeness (QED) is 0.897. The molecule has 15 heavy (non-hydrogen) atoms. The van der Waals surface area contributed by atoms with E-state index in [1.807, 2.05) is 12.1 Å². The molecular weight excluding hydrogens is 273 g/mol. The van der Waals surface area contributed by atoms with Gasteiger partial charge >= 0.3 is 0 Å². The van der Waals surface area contributed by atoms with Crippen LogP contribution in [0.15, 0.2) is 22.7 Å². The van der Waals surface area contributed by atoms with Gasteiger partial charge in [-0.25, -0.2) is 0 Å². The Kier molecular flexibility index (Phi) is 3.39. The molecule has 0 atom stereocenters. The van der Waals surface area contributed by atoms with Crippen molar-refractivity contribution in [1.82, 2.24) is 0 Å². The molecule has 1 saturated carbocycles. The zero-order chi connectivity index (χ0) is 10.9. The molecule has 0 unspecified atom stereocenters. The topological polar surface area (TPSA) is 26.0 Å². The van der Waals surface area contributed by atoms with Gasteiger partial charge in [0.25, 0.3) is 0 Å². The van der Waals surface area contributed by atoms with Gasteiger partial charge in [0, 0.05) is 9.50 Å². The van der Waals surface area contributed by atoms with E-state index in [2.05, 4.69) is 22.0 Å². The fraction of sp³-hybridized carbons (Fsp3) is 0.500. The molecule has 0 spiro atoms. The van der Waals surface area contributed by atoms with Gasteiger partial charge in [-0.1, -0.05) is 34.0 Å². The minimum atomic E-state index is 0.290. The largest absolute Gasteiger partial charge is 0.330 e. The number of benzene rings is 1. The first kappa shape index (κ1) is 11.4. The van der Waals surface area contributed by atoms with Crippen LogP contribution in [-0.4, -0.2) is 6.54 Å². The molecule has 82 valence electrons. The van der Waals surface area contributed by atoms with Crippen LogP contribution in [0.5, 0.6) is 0 Å². The molecule has 0 aliphatic heterocycles. The molecule has 1 fully saturated rings. The van der Waals surface area contributed by atoms with Crippen molar-refractivity contribution in [2.45, 2.75) is 31.1 Å². The van der Waals surface area contributed by atoms with Crippen molar-refractivity contribution in [3.8, 4) is 0 Å². The number of hydrogen-bond donors (Lipinski definition) is 1.